The molecule has 0 bridgehead atoms. The van der Waals surface area contributed by atoms with Gasteiger partial charge in [-0.25, -0.2) is 0 Å². The minimum absolute atomic E-state index is 0.0248. The van der Waals surface area contributed by atoms with E-state index in [9.17, 15) is 4.79 Å². The van der Waals surface area contributed by atoms with Gasteiger partial charge in [-0.3, -0.25) is 4.79 Å². The summed E-state index contributed by atoms with van der Waals surface area (Å²) in [5.41, 5.74) is 2.04. The normalized spacial score (nSPS) is 9.92. The van der Waals surface area contributed by atoms with Gasteiger partial charge in [-0.1, -0.05) is 0 Å². The number of aromatic nitrogens is 1. The van der Waals surface area contributed by atoms with E-state index in [0.717, 1.165) is 12.2 Å². The first-order valence-electron chi connectivity index (χ1n) is 4.08. The summed E-state index contributed by atoms with van der Waals surface area (Å²) in [5.74, 6) is -0.0248. The summed E-state index contributed by atoms with van der Waals surface area (Å²) < 4.78 is 2.09. The molecule has 1 N–H and O–H groups in total. The fraction of sp³-hybridized carbons (Fsp3) is 0.444. The average molecular weight is 166 g/mol. The molecule has 0 radical (unpaired) electrons. The van der Waals surface area contributed by atoms with Crippen LogP contribution < -0.4 is 5.32 Å². The average Bonchev–Trinajstić information content (AvgIpc) is 2.29. The number of nitrogens with zero attached hydrogens (tertiary/aromatic N) is 1. The second kappa shape index (κ2) is 3.43. The van der Waals surface area contributed by atoms with E-state index >= 15 is 0 Å². The van der Waals surface area contributed by atoms with Crippen molar-refractivity contribution < 1.29 is 4.79 Å². The van der Waals surface area contributed by atoms with Gasteiger partial charge in [0.05, 0.1) is 5.69 Å². The SMILES string of the molecule is CCn1cc(NC(C)=O)cc1C. The Labute approximate surface area is 72.4 Å². The zero-order valence-electron chi connectivity index (χ0n) is 7.72. The molecule has 0 saturated carbocycles. The fourth-order valence-electron chi connectivity index (χ4n) is 1.23. The van der Waals surface area contributed by atoms with Crippen molar-refractivity contribution in [2.75, 3.05) is 5.32 Å². The maximum atomic E-state index is 10.7. The molecule has 0 spiro atoms. The lowest BCUT2D eigenvalue weighted by Gasteiger charge is -1.98. The van der Waals surface area contributed by atoms with Gasteiger partial charge in [0, 0.05) is 25.4 Å². The molecular weight excluding hydrogens is 152 g/mol. The van der Waals surface area contributed by atoms with Crippen molar-refractivity contribution in [3.63, 3.8) is 0 Å². The molecule has 0 unspecified atom stereocenters. The van der Waals surface area contributed by atoms with Gasteiger partial charge in [-0.15, -0.1) is 0 Å². The third kappa shape index (κ3) is 1.87. The van der Waals surface area contributed by atoms with Crippen molar-refractivity contribution in [2.45, 2.75) is 27.3 Å². The number of carbonyl (C=O) groups is 1. The Morgan fingerprint density at radius 2 is 2.33 bits per heavy atom. The van der Waals surface area contributed by atoms with E-state index in [-0.39, 0.29) is 5.91 Å². The molecule has 0 aliphatic heterocycles. The number of anilines is 1. The van der Waals surface area contributed by atoms with Crippen molar-refractivity contribution in [3.05, 3.63) is 18.0 Å². The zero-order valence-corrected chi connectivity index (χ0v) is 7.72. The molecule has 0 aliphatic carbocycles. The van der Waals surface area contributed by atoms with E-state index in [0.29, 0.717) is 0 Å². The Morgan fingerprint density at radius 1 is 1.67 bits per heavy atom. The fourth-order valence-corrected chi connectivity index (χ4v) is 1.23. The van der Waals surface area contributed by atoms with Crippen LogP contribution in [-0.2, 0) is 11.3 Å². The summed E-state index contributed by atoms with van der Waals surface area (Å²) >= 11 is 0. The highest BCUT2D eigenvalue weighted by Crippen LogP contribution is 2.12. The lowest BCUT2D eigenvalue weighted by Crippen LogP contribution is -2.04. The molecule has 3 heteroatoms. The first-order valence-corrected chi connectivity index (χ1v) is 4.08. The van der Waals surface area contributed by atoms with E-state index in [1.54, 1.807) is 0 Å². The number of amides is 1. The Bertz CT molecular complexity index is 289. The van der Waals surface area contributed by atoms with Crippen LogP contribution in [0.1, 0.15) is 19.5 Å². The molecular formula is C9H14N2O. The van der Waals surface area contributed by atoms with Gasteiger partial charge in [0.2, 0.25) is 5.91 Å². The lowest BCUT2D eigenvalue weighted by molar-refractivity contribution is -0.114. The van der Waals surface area contributed by atoms with Crippen molar-refractivity contribution in [2.24, 2.45) is 0 Å². The largest absolute Gasteiger partial charge is 0.350 e. The summed E-state index contributed by atoms with van der Waals surface area (Å²) in [7, 11) is 0. The van der Waals surface area contributed by atoms with Gasteiger partial charge in [-0.2, -0.15) is 0 Å². The summed E-state index contributed by atoms with van der Waals surface area (Å²) in [6.07, 6.45) is 1.94. The second-order valence-corrected chi connectivity index (χ2v) is 2.84. The van der Waals surface area contributed by atoms with Gasteiger partial charge in [0.1, 0.15) is 0 Å². The monoisotopic (exact) mass is 166 g/mol. The van der Waals surface area contributed by atoms with E-state index in [4.69, 9.17) is 0 Å². The second-order valence-electron chi connectivity index (χ2n) is 2.84. The summed E-state index contributed by atoms with van der Waals surface area (Å²) in [4.78, 5) is 10.7. The third-order valence-electron chi connectivity index (χ3n) is 1.77. The van der Waals surface area contributed by atoms with Gasteiger partial charge in [0.25, 0.3) is 0 Å². The standard InChI is InChI=1S/C9H14N2O/c1-4-11-6-9(5-7(11)2)10-8(3)12/h5-6H,4H2,1-3H3,(H,10,12). The highest BCUT2D eigenvalue weighted by Gasteiger charge is 2.00. The van der Waals surface area contributed by atoms with Crippen molar-refractivity contribution >= 4 is 11.6 Å². The first-order chi connectivity index (χ1) is 5.63. The zero-order chi connectivity index (χ0) is 9.14. The first kappa shape index (κ1) is 8.84. The Hall–Kier alpha value is -1.25. The van der Waals surface area contributed by atoms with Crippen LogP contribution in [0.2, 0.25) is 0 Å². The van der Waals surface area contributed by atoms with Gasteiger partial charge >= 0.3 is 0 Å². The molecule has 0 aliphatic rings. The van der Waals surface area contributed by atoms with Crippen LogP contribution in [0.25, 0.3) is 0 Å². The summed E-state index contributed by atoms with van der Waals surface area (Å²) in [6, 6.07) is 1.96. The summed E-state index contributed by atoms with van der Waals surface area (Å²) in [5, 5.41) is 2.74. The molecule has 1 heterocycles. The van der Waals surface area contributed by atoms with Crippen LogP contribution in [0.5, 0.6) is 0 Å². The number of nitrogens with one attached hydrogen (secondary N) is 1. The van der Waals surface area contributed by atoms with Crippen LogP contribution in [0.15, 0.2) is 12.3 Å². The van der Waals surface area contributed by atoms with Crippen molar-refractivity contribution in [3.8, 4) is 0 Å². The molecule has 3 nitrogen and oxygen atoms in total. The smallest absolute Gasteiger partial charge is 0.221 e. The predicted molar refractivity (Wildman–Crippen MR) is 49.1 cm³/mol. The Morgan fingerprint density at radius 3 is 2.75 bits per heavy atom. The Balaban J connectivity index is 2.82. The molecule has 1 aromatic heterocycles. The number of aryl methyl sites for hydroxylation is 2. The molecule has 66 valence electrons. The van der Waals surface area contributed by atoms with Gasteiger partial charge < -0.3 is 9.88 Å². The number of hydrogen-bond acceptors (Lipinski definition) is 1. The predicted octanol–water partition coefficient (Wildman–Crippen LogP) is 1.77. The summed E-state index contributed by atoms with van der Waals surface area (Å²) in [6.45, 7) is 6.55. The van der Waals surface area contributed by atoms with Crippen LogP contribution in [0.3, 0.4) is 0 Å². The molecule has 0 saturated heterocycles. The van der Waals surface area contributed by atoms with Crippen LogP contribution >= 0.6 is 0 Å². The van der Waals surface area contributed by atoms with Gasteiger partial charge in [0.15, 0.2) is 0 Å². The van der Waals surface area contributed by atoms with E-state index in [2.05, 4.69) is 16.8 Å². The quantitative estimate of drug-likeness (QED) is 0.713. The minimum atomic E-state index is -0.0248. The Kier molecular flexibility index (Phi) is 2.53. The van der Waals surface area contributed by atoms with Crippen molar-refractivity contribution in [1.82, 2.24) is 4.57 Å². The topological polar surface area (TPSA) is 34.0 Å². The molecule has 1 aromatic rings. The highest BCUT2D eigenvalue weighted by atomic mass is 16.1. The maximum Gasteiger partial charge on any atom is 0.221 e. The molecule has 12 heavy (non-hydrogen) atoms. The van der Waals surface area contributed by atoms with Crippen LogP contribution in [0, 0.1) is 6.92 Å². The van der Waals surface area contributed by atoms with Crippen LogP contribution in [-0.4, -0.2) is 10.5 Å². The molecule has 1 amide bonds. The van der Waals surface area contributed by atoms with Gasteiger partial charge in [-0.05, 0) is 19.9 Å². The number of carbonyl (C=O) groups excluding carboxylic acids is 1. The van der Waals surface area contributed by atoms with Crippen LogP contribution in [0.4, 0.5) is 5.69 Å². The lowest BCUT2D eigenvalue weighted by atomic mass is 10.4. The van der Waals surface area contributed by atoms with E-state index < -0.39 is 0 Å². The molecule has 0 aromatic carbocycles. The van der Waals surface area contributed by atoms with E-state index in [1.165, 1.54) is 12.6 Å². The van der Waals surface area contributed by atoms with Crippen molar-refractivity contribution in [1.29, 1.82) is 0 Å². The molecule has 0 atom stereocenters. The highest BCUT2D eigenvalue weighted by molar-refractivity contribution is 5.88. The molecule has 0 fully saturated rings. The minimum Gasteiger partial charge on any atom is -0.350 e. The number of hydrogen-bond donors (Lipinski definition) is 1. The molecule has 1 rings (SSSR count). The van der Waals surface area contributed by atoms with E-state index in [1.807, 2.05) is 19.2 Å². The maximum absolute atomic E-state index is 10.7. The number of rotatable bonds is 2. The third-order valence-corrected chi connectivity index (χ3v) is 1.77.